The van der Waals surface area contributed by atoms with Crippen LogP contribution in [0.15, 0.2) is 42.5 Å². The van der Waals surface area contributed by atoms with Crippen LogP contribution in [0, 0.1) is 18.6 Å². The van der Waals surface area contributed by atoms with Crippen LogP contribution in [0.3, 0.4) is 0 Å². The zero-order valence-corrected chi connectivity index (χ0v) is 10.9. The van der Waals surface area contributed by atoms with Gasteiger partial charge in [0.25, 0.3) is 0 Å². The Bertz CT molecular complexity index is 626. The number of nitrogens with one attached hydrogen (secondary N) is 1. The summed E-state index contributed by atoms with van der Waals surface area (Å²) in [4.78, 5) is 11.5. The highest BCUT2D eigenvalue weighted by Crippen LogP contribution is 2.23. The lowest BCUT2D eigenvalue weighted by atomic mass is 10.0. The maximum atomic E-state index is 13.7. The van der Waals surface area contributed by atoms with Crippen LogP contribution in [0.4, 0.5) is 14.5 Å². The second kappa shape index (κ2) is 5.69. The van der Waals surface area contributed by atoms with Crippen molar-refractivity contribution in [3.63, 3.8) is 0 Å². The van der Waals surface area contributed by atoms with Crippen molar-refractivity contribution in [1.29, 1.82) is 0 Å². The van der Waals surface area contributed by atoms with Gasteiger partial charge in [0, 0.05) is 11.3 Å². The van der Waals surface area contributed by atoms with Crippen LogP contribution >= 0.6 is 0 Å². The SMILES string of the molecule is Cc1ccc(NC(C(N)=O)c2cc(F)ccc2F)cc1. The van der Waals surface area contributed by atoms with Crippen LogP contribution in [0.25, 0.3) is 0 Å². The average molecular weight is 276 g/mol. The smallest absolute Gasteiger partial charge is 0.244 e. The van der Waals surface area contributed by atoms with Crippen LogP contribution in [-0.2, 0) is 4.79 Å². The highest BCUT2D eigenvalue weighted by Gasteiger charge is 2.21. The Balaban J connectivity index is 2.34. The fourth-order valence-corrected chi connectivity index (χ4v) is 1.85. The van der Waals surface area contributed by atoms with Crippen LogP contribution in [0.1, 0.15) is 17.2 Å². The third-order valence-electron chi connectivity index (χ3n) is 2.92. The maximum Gasteiger partial charge on any atom is 0.244 e. The number of hydrogen-bond acceptors (Lipinski definition) is 2. The summed E-state index contributed by atoms with van der Waals surface area (Å²) >= 11 is 0. The van der Waals surface area contributed by atoms with E-state index in [2.05, 4.69) is 5.32 Å². The monoisotopic (exact) mass is 276 g/mol. The number of nitrogens with two attached hydrogens (primary N) is 1. The third-order valence-corrected chi connectivity index (χ3v) is 2.92. The second-order valence-electron chi connectivity index (χ2n) is 4.51. The van der Waals surface area contributed by atoms with E-state index in [0.717, 1.165) is 23.8 Å². The number of benzene rings is 2. The summed E-state index contributed by atoms with van der Waals surface area (Å²) < 4.78 is 26.9. The Labute approximate surface area is 115 Å². The number of primary amides is 1. The van der Waals surface area contributed by atoms with Gasteiger partial charge in [-0.15, -0.1) is 0 Å². The molecule has 0 aliphatic rings. The molecular formula is C15H14F2N2O. The van der Waals surface area contributed by atoms with Gasteiger partial charge in [0.2, 0.25) is 5.91 Å². The van der Waals surface area contributed by atoms with E-state index >= 15 is 0 Å². The van der Waals surface area contributed by atoms with Crippen molar-refractivity contribution < 1.29 is 13.6 Å². The van der Waals surface area contributed by atoms with Gasteiger partial charge in [-0.25, -0.2) is 8.78 Å². The predicted octanol–water partition coefficient (Wildman–Crippen LogP) is 2.91. The normalized spacial score (nSPS) is 11.9. The molecule has 1 unspecified atom stereocenters. The first-order valence-corrected chi connectivity index (χ1v) is 6.05. The molecule has 0 aliphatic heterocycles. The summed E-state index contributed by atoms with van der Waals surface area (Å²) in [7, 11) is 0. The number of hydrogen-bond donors (Lipinski definition) is 2. The number of rotatable bonds is 4. The number of carbonyl (C=O) groups is 1. The Kier molecular flexibility index (Phi) is 3.98. The number of carbonyl (C=O) groups excluding carboxylic acids is 1. The van der Waals surface area contributed by atoms with E-state index in [0.29, 0.717) is 5.69 Å². The molecule has 0 aromatic heterocycles. The third kappa shape index (κ3) is 3.12. The minimum Gasteiger partial charge on any atom is -0.370 e. The summed E-state index contributed by atoms with van der Waals surface area (Å²) in [6.07, 6.45) is 0. The van der Waals surface area contributed by atoms with E-state index in [-0.39, 0.29) is 5.56 Å². The van der Waals surface area contributed by atoms with E-state index in [9.17, 15) is 13.6 Å². The van der Waals surface area contributed by atoms with Crippen molar-refractivity contribution in [2.24, 2.45) is 5.73 Å². The fraction of sp³-hybridized carbons (Fsp3) is 0.133. The molecule has 5 heteroatoms. The van der Waals surface area contributed by atoms with Crippen molar-refractivity contribution in [2.45, 2.75) is 13.0 Å². The quantitative estimate of drug-likeness (QED) is 0.902. The molecule has 0 bridgehead atoms. The van der Waals surface area contributed by atoms with E-state index < -0.39 is 23.6 Å². The van der Waals surface area contributed by atoms with Crippen LogP contribution in [0.2, 0.25) is 0 Å². The van der Waals surface area contributed by atoms with Gasteiger partial charge in [-0.3, -0.25) is 4.79 Å². The minimum atomic E-state index is -1.13. The molecule has 1 amide bonds. The topological polar surface area (TPSA) is 55.1 Å². The van der Waals surface area contributed by atoms with Gasteiger partial charge >= 0.3 is 0 Å². The van der Waals surface area contributed by atoms with Crippen molar-refractivity contribution in [3.05, 3.63) is 65.2 Å². The molecule has 0 saturated carbocycles. The summed E-state index contributed by atoms with van der Waals surface area (Å²) in [5, 5.41) is 2.81. The van der Waals surface area contributed by atoms with Gasteiger partial charge in [0.1, 0.15) is 17.7 Å². The summed E-state index contributed by atoms with van der Waals surface area (Å²) in [6.45, 7) is 1.92. The Hall–Kier alpha value is -2.43. The predicted molar refractivity (Wildman–Crippen MR) is 73.1 cm³/mol. The molecule has 1 atom stereocenters. The first kappa shape index (κ1) is 14.0. The van der Waals surface area contributed by atoms with Gasteiger partial charge in [-0.2, -0.15) is 0 Å². The molecule has 3 N–H and O–H groups in total. The second-order valence-corrected chi connectivity index (χ2v) is 4.51. The Morgan fingerprint density at radius 3 is 2.40 bits per heavy atom. The number of aryl methyl sites for hydroxylation is 1. The van der Waals surface area contributed by atoms with Gasteiger partial charge in [0.05, 0.1) is 0 Å². The van der Waals surface area contributed by atoms with Crippen molar-refractivity contribution in [2.75, 3.05) is 5.32 Å². The van der Waals surface area contributed by atoms with Crippen LogP contribution in [0.5, 0.6) is 0 Å². The number of anilines is 1. The zero-order valence-electron chi connectivity index (χ0n) is 10.9. The van der Waals surface area contributed by atoms with E-state index in [1.54, 1.807) is 12.1 Å². The summed E-state index contributed by atoms with van der Waals surface area (Å²) in [5.41, 5.74) is 6.81. The lowest BCUT2D eigenvalue weighted by Crippen LogP contribution is -2.28. The lowest BCUT2D eigenvalue weighted by molar-refractivity contribution is -0.118. The Morgan fingerprint density at radius 1 is 1.15 bits per heavy atom. The number of amides is 1. The lowest BCUT2D eigenvalue weighted by Gasteiger charge is -2.18. The highest BCUT2D eigenvalue weighted by molar-refractivity contribution is 5.84. The molecule has 2 rings (SSSR count). The molecule has 2 aromatic carbocycles. The highest BCUT2D eigenvalue weighted by atomic mass is 19.1. The molecule has 0 aliphatic carbocycles. The van der Waals surface area contributed by atoms with Crippen LogP contribution < -0.4 is 11.1 Å². The first-order valence-electron chi connectivity index (χ1n) is 6.05. The van der Waals surface area contributed by atoms with Crippen LogP contribution in [-0.4, -0.2) is 5.91 Å². The maximum absolute atomic E-state index is 13.7. The van der Waals surface area contributed by atoms with Crippen molar-refractivity contribution in [1.82, 2.24) is 0 Å². The van der Waals surface area contributed by atoms with Crippen molar-refractivity contribution in [3.8, 4) is 0 Å². The Morgan fingerprint density at radius 2 is 1.80 bits per heavy atom. The molecule has 2 aromatic rings. The van der Waals surface area contributed by atoms with E-state index in [1.165, 1.54) is 0 Å². The molecular weight excluding hydrogens is 262 g/mol. The molecule has 0 fully saturated rings. The summed E-state index contributed by atoms with van der Waals surface area (Å²) in [6, 6.07) is 8.94. The first-order chi connectivity index (χ1) is 9.47. The fourth-order valence-electron chi connectivity index (χ4n) is 1.85. The van der Waals surface area contributed by atoms with Gasteiger partial charge in [-0.05, 0) is 37.3 Å². The largest absolute Gasteiger partial charge is 0.370 e. The average Bonchev–Trinajstić information content (AvgIpc) is 2.41. The van der Waals surface area contributed by atoms with Crippen molar-refractivity contribution >= 4 is 11.6 Å². The molecule has 104 valence electrons. The number of halogens is 2. The molecule has 3 nitrogen and oxygen atoms in total. The zero-order chi connectivity index (χ0) is 14.7. The minimum absolute atomic E-state index is 0.113. The molecule has 0 heterocycles. The summed E-state index contributed by atoms with van der Waals surface area (Å²) in [5.74, 6) is -2.09. The van der Waals surface area contributed by atoms with Gasteiger partial charge < -0.3 is 11.1 Å². The molecule has 20 heavy (non-hydrogen) atoms. The van der Waals surface area contributed by atoms with Gasteiger partial charge in [0.15, 0.2) is 0 Å². The molecule has 0 radical (unpaired) electrons. The standard InChI is InChI=1S/C15H14F2N2O/c1-9-2-5-11(6-3-9)19-14(15(18)20)12-8-10(16)4-7-13(12)17/h2-8,14,19H,1H3,(H2,18,20). The van der Waals surface area contributed by atoms with E-state index in [4.69, 9.17) is 5.73 Å². The molecule has 0 spiro atoms. The molecule has 0 saturated heterocycles. The van der Waals surface area contributed by atoms with Gasteiger partial charge in [-0.1, -0.05) is 17.7 Å². The van der Waals surface area contributed by atoms with E-state index in [1.807, 2.05) is 19.1 Å².